The number of carbonyl (C=O) groups is 3. The number of nitrogens with zero attached hydrogens (tertiary/aromatic N) is 1. The van der Waals surface area contributed by atoms with E-state index in [9.17, 15) is 14.4 Å². The molecule has 0 bridgehead atoms. The van der Waals surface area contributed by atoms with Gasteiger partial charge in [0.15, 0.2) is 0 Å². The minimum Gasteiger partial charge on any atom is -0.480 e. The van der Waals surface area contributed by atoms with Crippen LogP contribution in [0.5, 0.6) is 0 Å². The summed E-state index contributed by atoms with van der Waals surface area (Å²) in [4.78, 5) is 34.4. The van der Waals surface area contributed by atoms with Gasteiger partial charge in [0.05, 0.1) is 5.92 Å². The van der Waals surface area contributed by atoms with Crippen LogP contribution in [0.2, 0.25) is 0 Å². The Kier molecular flexibility index (Phi) is 6.00. The van der Waals surface area contributed by atoms with Crippen LogP contribution in [0.15, 0.2) is 29.2 Å². The van der Waals surface area contributed by atoms with Gasteiger partial charge < -0.3 is 15.7 Å². The van der Waals surface area contributed by atoms with Crippen LogP contribution in [0.25, 0.3) is 0 Å². The molecule has 1 aromatic carbocycles. The zero-order valence-corrected chi connectivity index (χ0v) is 13.5. The van der Waals surface area contributed by atoms with E-state index in [1.54, 1.807) is 11.9 Å². The van der Waals surface area contributed by atoms with Crippen LogP contribution in [-0.4, -0.2) is 53.4 Å². The summed E-state index contributed by atoms with van der Waals surface area (Å²) in [6.07, 6.45) is 0.408. The summed E-state index contributed by atoms with van der Waals surface area (Å²) in [7, 11) is 0. The number of nitrogens with one attached hydrogen (secondary N) is 2. The van der Waals surface area contributed by atoms with Crippen molar-refractivity contribution >= 4 is 30.2 Å². The number of carbonyl (C=O) groups excluding carboxylic acids is 2. The topological polar surface area (TPSA) is 98.7 Å². The minimum absolute atomic E-state index is 0.126. The molecular weight excluding hydrogens is 318 g/mol. The number of rotatable bonds is 8. The van der Waals surface area contributed by atoms with Crippen molar-refractivity contribution in [1.29, 1.82) is 0 Å². The van der Waals surface area contributed by atoms with Gasteiger partial charge in [-0.25, -0.2) is 9.10 Å². The Morgan fingerprint density at radius 1 is 1.48 bits per heavy atom. The predicted molar refractivity (Wildman–Crippen MR) is 85.7 cm³/mol. The van der Waals surface area contributed by atoms with Crippen molar-refractivity contribution in [3.05, 3.63) is 29.8 Å². The number of aryl methyl sites for hydroxylation is 1. The molecule has 124 valence electrons. The number of benzene rings is 1. The van der Waals surface area contributed by atoms with E-state index in [1.807, 2.05) is 25.1 Å². The van der Waals surface area contributed by atoms with Crippen LogP contribution in [-0.2, 0) is 14.4 Å². The molecule has 8 heteroatoms. The highest BCUT2D eigenvalue weighted by Gasteiger charge is 2.35. The molecule has 0 saturated carbocycles. The van der Waals surface area contributed by atoms with E-state index >= 15 is 0 Å². The van der Waals surface area contributed by atoms with Crippen molar-refractivity contribution in [3.63, 3.8) is 0 Å². The Hall–Kier alpha value is -2.06. The molecule has 2 amide bonds. The highest BCUT2D eigenvalue weighted by atomic mass is 32.2. The maximum Gasteiger partial charge on any atom is 0.328 e. The molecule has 1 atom stereocenters. The third-order valence-corrected chi connectivity index (χ3v) is 4.48. The van der Waals surface area contributed by atoms with Gasteiger partial charge >= 0.3 is 5.97 Å². The van der Waals surface area contributed by atoms with E-state index in [2.05, 4.69) is 21.0 Å². The fraction of sp³-hybridized carbons (Fsp3) is 0.400. The van der Waals surface area contributed by atoms with E-state index in [4.69, 9.17) is 5.11 Å². The number of hydrogen-bond acceptors (Lipinski definition) is 5. The van der Waals surface area contributed by atoms with E-state index in [-0.39, 0.29) is 18.4 Å². The fourth-order valence-corrected chi connectivity index (χ4v) is 3.34. The molecule has 23 heavy (non-hydrogen) atoms. The van der Waals surface area contributed by atoms with Gasteiger partial charge in [0, 0.05) is 24.5 Å². The van der Waals surface area contributed by atoms with Crippen molar-refractivity contribution in [1.82, 2.24) is 14.9 Å². The first kappa shape index (κ1) is 17.3. The number of hydrogen-bond donors (Lipinski definition) is 3. The molecule has 0 aromatic heterocycles. The Bertz CT molecular complexity index is 590. The summed E-state index contributed by atoms with van der Waals surface area (Å²) in [6.45, 7) is 3.03. The average Bonchev–Trinajstić information content (AvgIpc) is 2.46. The average molecular weight is 337 g/mol. The van der Waals surface area contributed by atoms with Crippen molar-refractivity contribution in [2.45, 2.75) is 17.9 Å². The van der Waals surface area contributed by atoms with Crippen molar-refractivity contribution in [3.8, 4) is 0 Å². The normalized spacial score (nSPS) is 16.2. The molecule has 1 unspecified atom stereocenters. The molecule has 1 heterocycles. The lowest BCUT2D eigenvalue weighted by Gasteiger charge is -2.37. The monoisotopic (exact) mass is 337 g/mol. The Labute approximate surface area is 138 Å². The van der Waals surface area contributed by atoms with Crippen molar-refractivity contribution in [2.75, 3.05) is 19.6 Å². The second-order valence-electron chi connectivity index (χ2n) is 5.38. The van der Waals surface area contributed by atoms with E-state index < -0.39 is 12.0 Å². The van der Waals surface area contributed by atoms with E-state index in [1.165, 1.54) is 5.56 Å². The van der Waals surface area contributed by atoms with Gasteiger partial charge in [-0.15, -0.1) is 0 Å². The molecule has 1 aliphatic heterocycles. The maximum absolute atomic E-state index is 12.0. The lowest BCUT2D eigenvalue weighted by Crippen LogP contribution is -2.55. The minimum atomic E-state index is -1.17. The molecule has 0 radical (unpaired) electrons. The van der Waals surface area contributed by atoms with Crippen LogP contribution in [0.4, 0.5) is 0 Å². The molecule has 2 rings (SSSR count). The molecule has 1 saturated heterocycles. The molecule has 1 fully saturated rings. The zero-order chi connectivity index (χ0) is 16.8. The third kappa shape index (κ3) is 4.97. The van der Waals surface area contributed by atoms with Crippen LogP contribution < -0.4 is 10.6 Å². The highest BCUT2D eigenvalue weighted by Crippen LogP contribution is 2.30. The molecule has 3 N–H and O–H groups in total. The number of amides is 2. The summed E-state index contributed by atoms with van der Waals surface area (Å²) in [5.74, 6) is -1.70. The van der Waals surface area contributed by atoms with Crippen molar-refractivity contribution < 1.29 is 19.5 Å². The summed E-state index contributed by atoms with van der Waals surface area (Å²) < 4.78 is 2.05. The molecule has 7 nitrogen and oxygen atoms in total. The van der Waals surface area contributed by atoms with Crippen LogP contribution in [0.3, 0.4) is 0 Å². The molecule has 0 spiro atoms. The SMILES string of the molecule is Cc1cccc(SN2CC(C(=O)NC(CNC=O)C(=O)O)C2)c1. The Balaban J connectivity index is 1.78. The standard InChI is InChI=1S/C15H19N3O4S/c1-10-3-2-4-12(5-10)23-18-7-11(8-18)14(20)17-13(15(21)22)6-16-9-19/h2-5,9,11,13H,6-8H2,1H3,(H,16,19)(H,17,20)(H,21,22). The van der Waals surface area contributed by atoms with Crippen LogP contribution in [0.1, 0.15) is 5.56 Å². The van der Waals surface area contributed by atoms with Crippen LogP contribution >= 0.6 is 11.9 Å². The smallest absolute Gasteiger partial charge is 0.328 e. The van der Waals surface area contributed by atoms with Gasteiger partial charge in [-0.1, -0.05) is 12.1 Å². The number of aliphatic carboxylic acids is 1. The highest BCUT2D eigenvalue weighted by molar-refractivity contribution is 7.97. The number of carboxylic acids is 1. The Morgan fingerprint density at radius 3 is 2.83 bits per heavy atom. The Morgan fingerprint density at radius 2 is 2.22 bits per heavy atom. The van der Waals surface area contributed by atoms with Gasteiger partial charge in [-0.05, 0) is 36.6 Å². The summed E-state index contributed by atoms with van der Waals surface area (Å²) >= 11 is 1.58. The fourth-order valence-electron chi connectivity index (χ4n) is 2.16. The van der Waals surface area contributed by atoms with Gasteiger partial charge in [0.25, 0.3) is 0 Å². The van der Waals surface area contributed by atoms with Crippen molar-refractivity contribution in [2.24, 2.45) is 5.92 Å². The first-order valence-corrected chi connectivity index (χ1v) is 7.96. The van der Waals surface area contributed by atoms with Gasteiger partial charge in [0.1, 0.15) is 6.04 Å². The second-order valence-corrected chi connectivity index (χ2v) is 6.55. The first-order valence-electron chi connectivity index (χ1n) is 7.19. The molecule has 1 aliphatic rings. The van der Waals surface area contributed by atoms with Gasteiger partial charge in [-0.2, -0.15) is 0 Å². The largest absolute Gasteiger partial charge is 0.480 e. The summed E-state index contributed by atoms with van der Waals surface area (Å²) in [6, 6.07) is 6.99. The van der Waals surface area contributed by atoms with E-state index in [0.29, 0.717) is 19.5 Å². The third-order valence-electron chi connectivity index (χ3n) is 3.46. The molecule has 0 aliphatic carbocycles. The lowest BCUT2D eigenvalue weighted by molar-refractivity contribution is -0.143. The quantitative estimate of drug-likeness (QED) is 0.465. The first-order chi connectivity index (χ1) is 11.0. The maximum atomic E-state index is 12.0. The second kappa shape index (κ2) is 7.98. The number of carboxylic acid groups (broad SMARTS) is 1. The summed E-state index contributed by atoms with van der Waals surface area (Å²) in [5, 5.41) is 13.7. The van der Waals surface area contributed by atoms with E-state index in [0.717, 1.165) is 4.90 Å². The van der Waals surface area contributed by atoms with Crippen LogP contribution in [0, 0.1) is 12.8 Å². The molecular formula is C15H19N3O4S. The zero-order valence-electron chi connectivity index (χ0n) is 12.7. The van der Waals surface area contributed by atoms with Gasteiger partial charge in [-0.3, -0.25) is 9.59 Å². The molecule has 1 aromatic rings. The summed E-state index contributed by atoms with van der Waals surface area (Å²) in [5.41, 5.74) is 1.18. The van der Waals surface area contributed by atoms with Gasteiger partial charge in [0.2, 0.25) is 12.3 Å². The predicted octanol–water partition coefficient (Wildman–Crippen LogP) is 0.249. The lowest BCUT2D eigenvalue weighted by atomic mass is 10.0.